The molecule has 2 aromatic rings. The maximum Gasteiger partial charge on any atom is 0.326 e. The van der Waals surface area contributed by atoms with Gasteiger partial charge in [0.2, 0.25) is 0 Å². The second kappa shape index (κ2) is 17.5. The van der Waals surface area contributed by atoms with Crippen molar-refractivity contribution in [2.75, 3.05) is 13.7 Å². The number of carboxylic acids is 3. The maximum absolute atomic E-state index is 12.5. The Labute approximate surface area is 242 Å². The number of carbonyl (C=O) groups is 5. The van der Waals surface area contributed by atoms with Gasteiger partial charge in [-0.05, 0) is 43.2 Å². The zero-order valence-corrected chi connectivity index (χ0v) is 23.6. The molecule has 2 atom stereocenters. The van der Waals surface area contributed by atoms with E-state index in [2.05, 4.69) is 15.6 Å². The summed E-state index contributed by atoms with van der Waals surface area (Å²) in [5.74, 6) is -3.88. The first-order valence-electron chi connectivity index (χ1n) is 13.7. The number of urea groups is 1. The van der Waals surface area contributed by atoms with Crippen LogP contribution in [0, 0.1) is 0 Å². The van der Waals surface area contributed by atoms with Crippen LogP contribution in [0.2, 0.25) is 0 Å². The molecule has 0 saturated carbocycles. The van der Waals surface area contributed by atoms with E-state index in [4.69, 9.17) is 5.11 Å². The highest BCUT2D eigenvalue weighted by Crippen LogP contribution is 2.13. The van der Waals surface area contributed by atoms with Crippen molar-refractivity contribution in [3.05, 3.63) is 47.3 Å². The van der Waals surface area contributed by atoms with Crippen molar-refractivity contribution in [3.63, 3.8) is 0 Å². The van der Waals surface area contributed by atoms with E-state index in [0.29, 0.717) is 31.4 Å². The van der Waals surface area contributed by atoms with Crippen LogP contribution < -0.4 is 5.32 Å². The van der Waals surface area contributed by atoms with E-state index in [0.717, 1.165) is 35.4 Å². The molecule has 2 rings (SSSR count). The van der Waals surface area contributed by atoms with Gasteiger partial charge in [-0.3, -0.25) is 18.7 Å². The number of unbranched alkanes of at least 4 members (excludes halogenated alkanes) is 2. The maximum atomic E-state index is 12.5. The lowest BCUT2D eigenvalue weighted by atomic mass is 10.00. The molecule has 0 spiro atoms. The van der Waals surface area contributed by atoms with Gasteiger partial charge in [0.25, 0.3) is 0 Å². The van der Waals surface area contributed by atoms with Crippen LogP contribution in [0.25, 0.3) is 0 Å². The molecule has 13 nitrogen and oxygen atoms in total. The topological polar surface area (TPSA) is 192 Å². The number of halogens is 1. The van der Waals surface area contributed by atoms with Crippen molar-refractivity contribution in [1.29, 1.82) is 0 Å². The fraction of sp³-hybridized carbons (Fsp3) is 0.536. The van der Waals surface area contributed by atoms with Gasteiger partial charge in [-0.25, -0.2) is 14.4 Å². The summed E-state index contributed by atoms with van der Waals surface area (Å²) in [5.41, 5.74) is 2.14. The van der Waals surface area contributed by atoms with Crippen LogP contribution in [0.4, 0.5) is 9.18 Å². The van der Waals surface area contributed by atoms with Crippen molar-refractivity contribution in [2.45, 2.75) is 82.8 Å². The van der Waals surface area contributed by atoms with Crippen molar-refractivity contribution in [3.8, 4) is 0 Å². The van der Waals surface area contributed by atoms with Gasteiger partial charge in [-0.15, -0.1) is 5.10 Å². The SMILES string of the molecule is CN(C(=O)N[C@@H](CCC(=O)O)C(=O)O)[C@@H](Cc1ccc(CC(=O)CCCCCn2cc(CCCF)nn2)cc1)C(=O)O. The highest BCUT2D eigenvalue weighted by Gasteiger charge is 2.30. The molecule has 4 N–H and O–H groups in total. The Morgan fingerprint density at radius 2 is 1.64 bits per heavy atom. The number of likely N-dealkylation sites (N-methyl/N-ethyl adjacent to an activating group) is 1. The number of Topliss-reactive ketones (excluding diaryl/α,β-unsaturated/α-hetero) is 1. The summed E-state index contributed by atoms with van der Waals surface area (Å²) in [7, 11) is 1.22. The Morgan fingerprint density at radius 1 is 0.952 bits per heavy atom. The van der Waals surface area contributed by atoms with Crippen molar-refractivity contribution in [2.24, 2.45) is 0 Å². The lowest BCUT2D eigenvalue weighted by Crippen LogP contribution is -2.52. The predicted molar refractivity (Wildman–Crippen MR) is 148 cm³/mol. The van der Waals surface area contributed by atoms with Gasteiger partial charge in [0.05, 0.1) is 12.4 Å². The molecule has 14 heteroatoms. The number of aromatic nitrogens is 3. The number of alkyl halides is 1. The molecule has 0 fully saturated rings. The van der Waals surface area contributed by atoms with Gasteiger partial charge in [0, 0.05) is 45.5 Å². The molecule has 0 bridgehead atoms. The van der Waals surface area contributed by atoms with Crippen molar-refractivity contribution in [1.82, 2.24) is 25.2 Å². The second-order valence-corrected chi connectivity index (χ2v) is 10.0. The van der Waals surface area contributed by atoms with Crippen molar-refractivity contribution >= 4 is 29.7 Å². The molecule has 0 aliphatic heterocycles. The van der Waals surface area contributed by atoms with Crippen LogP contribution in [-0.2, 0) is 45.0 Å². The van der Waals surface area contributed by atoms with Crippen LogP contribution >= 0.6 is 0 Å². The molecule has 1 aromatic heterocycles. The molecule has 0 aliphatic carbocycles. The zero-order chi connectivity index (χ0) is 31.1. The molecule has 2 amide bonds. The van der Waals surface area contributed by atoms with E-state index in [9.17, 15) is 38.6 Å². The number of aryl methyl sites for hydroxylation is 2. The van der Waals surface area contributed by atoms with Gasteiger partial charge in [0.15, 0.2) is 0 Å². The van der Waals surface area contributed by atoms with Gasteiger partial charge in [-0.1, -0.05) is 35.9 Å². The highest BCUT2D eigenvalue weighted by molar-refractivity contribution is 5.86. The molecule has 0 saturated heterocycles. The van der Waals surface area contributed by atoms with Gasteiger partial charge in [-0.2, -0.15) is 0 Å². The Morgan fingerprint density at radius 3 is 2.26 bits per heavy atom. The normalized spacial score (nSPS) is 12.3. The van der Waals surface area contributed by atoms with Crippen LogP contribution in [-0.4, -0.2) is 90.7 Å². The molecular weight excluding hydrogens is 553 g/mol. The van der Waals surface area contributed by atoms with Crippen molar-refractivity contribution < 1.29 is 43.7 Å². The highest BCUT2D eigenvalue weighted by atomic mass is 19.1. The molecule has 42 heavy (non-hydrogen) atoms. The summed E-state index contributed by atoms with van der Waals surface area (Å²) in [6.07, 6.45) is 4.98. The standard InChI is InChI=1S/C28H38FN5O8/c1-33(28(42)30-23(26(38)39)12-13-25(36)37)24(27(40)41)17-20-10-8-19(9-11-20)16-22(35)7-3-2-4-15-34-18-21(31-32-34)6-5-14-29/h8-11,18,23-24H,2-7,12-17H2,1H3,(H,30,42)(H,36,37)(H,38,39)(H,40,41)/t23-,24-/m0/s1. The number of rotatable bonds is 20. The Hall–Kier alpha value is -4.36. The molecule has 230 valence electrons. The quantitative estimate of drug-likeness (QED) is 0.166. The summed E-state index contributed by atoms with van der Waals surface area (Å²) in [5, 5.41) is 37.9. The number of amides is 2. The molecule has 1 aromatic carbocycles. The number of hydrogen-bond acceptors (Lipinski definition) is 7. The average molecular weight is 592 g/mol. The second-order valence-electron chi connectivity index (χ2n) is 10.0. The third kappa shape index (κ3) is 12.0. The van der Waals surface area contributed by atoms with E-state index in [1.54, 1.807) is 28.9 Å². The fourth-order valence-corrected chi connectivity index (χ4v) is 4.22. The summed E-state index contributed by atoms with van der Waals surface area (Å²) in [4.78, 5) is 59.8. The zero-order valence-electron chi connectivity index (χ0n) is 23.6. The minimum absolute atomic E-state index is 0.0660. The number of nitrogens with zero attached hydrogens (tertiary/aromatic N) is 4. The lowest BCUT2D eigenvalue weighted by molar-refractivity contribution is -0.142. The first kappa shape index (κ1) is 33.8. The third-order valence-corrected chi connectivity index (χ3v) is 6.66. The Kier molecular flexibility index (Phi) is 14.1. The van der Waals surface area contributed by atoms with Gasteiger partial charge >= 0.3 is 23.9 Å². The summed E-state index contributed by atoms with van der Waals surface area (Å²) >= 11 is 0. The third-order valence-electron chi connectivity index (χ3n) is 6.66. The first-order valence-corrected chi connectivity index (χ1v) is 13.7. The van der Waals surface area contributed by atoms with E-state index >= 15 is 0 Å². The first-order chi connectivity index (χ1) is 20.0. The lowest BCUT2D eigenvalue weighted by Gasteiger charge is -2.27. The van der Waals surface area contributed by atoms with E-state index in [1.165, 1.54) is 7.05 Å². The van der Waals surface area contributed by atoms with E-state index < -0.39 is 42.4 Å². The fourth-order valence-electron chi connectivity index (χ4n) is 4.22. The smallest absolute Gasteiger partial charge is 0.326 e. The molecular formula is C28H38FN5O8. The van der Waals surface area contributed by atoms with E-state index in [-0.39, 0.29) is 31.7 Å². The van der Waals surface area contributed by atoms with Gasteiger partial charge in [0.1, 0.15) is 17.9 Å². The minimum atomic E-state index is -1.48. The minimum Gasteiger partial charge on any atom is -0.481 e. The monoisotopic (exact) mass is 591 g/mol. The number of benzene rings is 1. The number of nitrogens with one attached hydrogen (secondary N) is 1. The molecule has 0 aliphatic rings. The van der Waals surface area contributed by atoms with E-state index in [1.807, 2.05) is 6.20 Å². The predicted octanol–water partition coefficient (Wildman–Crippen LogP) is 2.51. The number of aliphatic carboxylic acids is 3. The van der Waals surface area contributed by atoms with Crippen LogP contribution in [0.3, 0.4) is 0 Å². The molecule has 0 unspecified atom stereocenters. The van der Waals surface area contributed by atoms with Gasteiger partial charge < -0.3 is 25.5 Å². The summed E-state index contributed by atoms with van der Waals surface area (Å²) < 4.78 is 14.0. The Balaban J connectivity index is 1.80. The van der Waals surface area contributed by atoms with Crippen LogP contribution in [0.5, 0.6) is 0 Å². The average Bonchev–Trinajstić information content (AvgIpc) is 3.40. The summed E-state index contributed by atoms with van der Waals surface area (Å²) in [6, 6.07) is 3.05. The number of carbonyl (C=O) groups excluding carboxylic acids is 2. The molecule has 1 heterocycles. The molecule has 0 radical (unpaired) electrons. The number of carboxylic acid groups (broad SMARTS) is 3. The summed E-state index contributed by atoms with van der Waals surface area (Å²) in [6.45, 7) is 0.295. The van der Waals surface area contributed by atoms with Crippen LogP contribution in [0.15, 0.2) is 30.5 Å². The number of hydrogen-bond donors (Lipinski definition) is 4. The number of ketones is 1. The van der Waals surface area contributed by atoms with Crippen LogP contribution in [0.1, 0.15) is 61.8 Å². The largest absolute Gasteiger partial charge is 0.481 e. The Bertz CT molecular complexity index is 1200.